The van der Waals surface area contributed by atoms with Crippen LogP contribution in [0.25, 0.3) is 0 Å². The Hall–Kier alpha value is -1.49. The molecule has 2 heterocycles. The molecule has 0 aromatic carbocycles. The molecule has 19 heavy (non-hydrogen) atoms. The first-order valence-corrected chi connectivity index (χ1v) is 6.77. The fourth-order valence-corrected chi connectivity index (χ4v) is 2.35. The van der Waals surface area contributed by atoms with Crippen LogP contribution in [0.1, 0.15) is 19.3 Å². The second-order valence-corrected chi connectivity index (χ2v) is 4.99. The van der Waals surface area contributed by atoms with Gasteiger partial charge in [-0.05, 0) is 25.3 Å². The third-order valence-electron chi connectivity index (χ3n) is 3.37. The summed E-state index contributed by atoms with van der Waals surface area (Å²) in [5.74, 6) is 0.649. The van der Waals surface area contributed by atoms with Gasteiger partial charge in [-0.2, -0.15) is 0 Å². The number of methoxy groups -OCH3 is 1. The van der Waals surface area contributed by atoms with Crippen LogP contribution in [-0.2, 0) is 4.74 Å². The monoisotopic (exact) mass is 265 g/mol. The molecule has 1 aliphatic heterocycles. The third-order valence-corrected chi connectivity index (χ3v) is 3.37. The van der Waals surface area contributed by atoms with Crippen molar-refractivity contribution in [3.05, 3.63) is 12.3 Å². The summed E-state index contributed by atoms with van der Waals surface area (Å²) < 4.78 is 10.9. The summed E-state index contributed by atoms with van der Waals surface area (Å²) >= 11 is 0. The summed E-state index contributed by atoms with van der Waals surface area (Å²) in [5.41, 5.74) is 2.07. The molecular weight excluding hydrogens is 242 g/mol. The van der Waals surface area contributed by atoms with Crippen molar-refractivity contribution in [2.45, 2.75) is 25.3 Å². The Morgan fingerprint density at radius 1 is 1.37 bits per heavy atom. The first-order chi connectivity index (χ1) is 9.22. The Bertz CT molecular complexity index is 402. The van der Waals surface area contributed by atoms with Crippen molar-refractivity contribution in [3.8, 4) is 5.88 Å². The van der Waals surface area contributed by atoms with Crippen LogP contribution in [0.3, 0.4) is 0 Å². The van der Waals surface area contributed by atoms with Gasteiger partial charge in [0.25, 0.3) is 0 Å². The zero-order valence-corrected chi connectivity index (χ0v) is 12.0. The molecule has 1 fully saturated rings. The molecule has 0 saturated carbocycles. The number of aromatic nitrogens is 1. The molecule has 1 atom stereocenters. The van der Waals surface area contributed by atoms with Crippen LogP contribution in [0.4, 0.5) is 11.4 Å². The smallest absolute Gasteiger partial charge is 0.239 e. The Balaban J connectivity index is 2.21. The van der Waals surface area contributed by atoms with Crippen molar-refractivity contribution in [2.75, 3.05) is 44.6 Å². The van der Waals surface area contributed by atoms with E-state index in [1.165, 1.54) is 0 Å². The average molecular weight is 265 g/mol. The van der Waals surface area contributed by atoms with Gasteiger partial charge < -0.3 is 19.7 Å². The molecule has 1 aromatic heterocycles. The fourth-order valence-electron chi connectivity index (χ4n) is 2.35. The molecule has 2 rings (SSSR count). The number of pyridine rings is 1. The lowest BCUT2D eigenvalue weighted by atomic mass is 10.1. The van der Waals surface area contributed by atoms with Gasteiger partial charge in [0.1, 0.15) is 5.69 Å². The van der Waals surface area contributed by atoms with Gasteiger partial charge in [-0.15, -0.1) is 0 Å². The molecule has 106 valence electrons. The van der Waals surface area contributed by atoms with Crippen molar-refractivity contribution in [1.29, 1.82) is 0 Å². The van der Waals surface area contributed by atoms with Crippen LogP contribution < -0.4 is 15.0 Å². The van der Waals surface area contributed by atoms with Crippen molar-refractivity contribution in [1.82, 2.24) is 4.98 Å². The normalized spacial score (nSPS) is 19.6. The molecule has 5 heteroatoms. The highest BCUT2D eigenvalue weighted by atomic mass is 16.5. The Kier molecular flexibility index (Phi) is 4.85. The standard InChI is InChI=1S/C14H23N3O2/c1-17(2)12-6-8-15-14(18-3)13(12)16-11-5-4-9-19-10-7-11/h6,8,11,16H,4-5,7,9-10H2,1-3H3. The number of ether oxygens (including phenoxy) is 2. The van der Waals surface area contributed by atoms with Gasteiger partial charge in [-0.3, -0.25) is 0 Å². The van der Waals surface area contributed by atoms with E-state index in [1.807, 2.05) is 20.2 Å². The molecule has 1 saturated heterocycles. The van der Waals surface area contributed by atoms with Gasteiger partial charge in [0.05, 0.1) is 12.8 Å². The minimum absolute atomic E-state index is 0.416. The van der Waals surface area contributed by atoms with Gasteiger partial charge in [-0.1, -0.05) is 0 Å². The maximum Gasteiger partial charge on any atom is 0.239 e. The molecule has 0 aliphatic carbocycles. The zero-order valence-electron chi connectivity index (χ0n) is 12.0. The molecule has 0 radical (unpaired) electrons. The Labute approximate surface area is 114 Å². The van der Waals surface area contributed by atoms with Crippen LogP contribution in [0, 0.1) is 0 Å². The molecule has 1 aromatic rings. The lowest BCUT2D eigenvalue weighted by Gasteiger charge is -2.24. The van der Waals surface area contributed by atoms with Gasteiger partial charge in [-0.25, -0.2) is 4.98 Å². The second kappa shape index (κ2) is 6.61. The lowest BCUT2D eigenvalue weighted by Crippen LogP contribution is -2.22. The number of nitrogens with zero attached hydrogens (tertiary/aromatic N) is 2. The first-order valence-electron chi connectivity index (χ1n) is 6.77. The van der Waals surface area contributed by atoms with E-state index in [2.05, 4.69) is 15.2 Å². The van der Waals surface area contributed by atoms with Gasteiger partial charge in [0.2, 0.25) is 5.88 Å². The molecular formula is C14H23N3O2. The predicted octanol–water partition coefficient (Wildman–Crippen LogP) is 2.14. The van der Waals surface area contributed by atoms with Crippen molar-refractivity contribution in [2.24, 2.45) is 0 Å². The molecule has 0 amide bonds. The molecule has 1 N–H and O–H groups in total. The van der Waals surface area contributed by atoms with Crippen molar-refractivity contribution >= 4 is 11.4 Å². The van der Waals surface area contributed by atoms with E-state index in [9.17, 15) is 0 Å². The topological polar surface area (TPSA) is 46.6 Å². The summed E-state index contributed by atoms with van der Waals surface area (Å²) in [7, 11) is 5.70. The first kappa shape index (κ1) is 13.9. The molecule has 0 bridgehead atoms. The number of hydrogen-bond donors (Lipinski definition) is 1. The van der Waals surface area contributed by atoms with Crippen LogP contribution in [0.5, 0.6) is 5.88 Å². The quantitative estimate of drug-likeness (QED) is 0.903. The summed E-state index contributed by atoms with van der Waals surface area (Å²) in [6, 6.07) is 2.41. The molecule has 5 nitrogen and oxygen atoms in total. The second-order valence-electron chi connectivity index (χ2n) is 4.99. The van der Waals surface area contributed by atoms with Crippen molar-refractivity contribution < 1.29 is 9.47 Å². The van der Waals surface area contributed by atoms with Crippen LogP contribution in [0.2, 0.25) is 0 Å². The number of nitrogens with one attached hydrogen (secondary N) is 1. The maximum absolute atomic E-state index is 5.50. The molecule has 0 spiro atoms. The Morgan fingerprint density at radius 2 is 2.21 bits per heavy atom. The van der Waals surface area contributed by atoms with Crippen molar-refractivity contribution in [3.63, 3.8) is 0 Å². The zero-order chi connectivity index (χ0) is 13.7. The van der Waals surface area contributed by atoms with Crippen LogP contribution >= 0.6 is 0 Å². The van der Waals surface area contributed by atoms with E-state index in [0.29, 0.717) is 11.9 Å². The van der Waals surface area contributed by atoms with Gasteiger partial charge in [0.15, 0.2) is 0 Å². The Morgan fingerprint density at radius 3 is 2.95 bits per heavy atom. The third kappa shape index (κ3) is 3.50. The highest BCUT2D eigenvalue weighted by Gasteiger charge is 2.18. The highest BCUT2D eigenvalue weighted by Crippen LogP contribution is 2.33. The van der Waals surface area contributed by atoms with E-state index < -0.39 is 0 Å². The molecule has 1 unspecified atom stereocenters. The fraction of sp³-hybridized carbons (Fsp3) is 0.643. The minimum Gasteiger partial charge on any atom is -0.479 e. The van der Waals surface area contributed by atoms with Gasteiger partial charge in [0, 0.05) is 39.5 Å². The van der Waals surface area contributed by atoms with E-state index in [1.54, 1.807) is 13.3 Å². The minimum atomic E-state index is 0.416. The average Bonchev–Trinajstić information content (AvgIpc) is 2.67. The largest absolute Gasteiger partial charge is 0.479 e. The number of rotatable bonds is 4. The van der Waals surface area contributed by atoms with E-state index >= 15 is 0 Å². The number of hydrogen-bond acceptors (Lipinski definition) is 5. The van der Waals surface area contributed by atoms with Crippen LogP contribution in [0.15, 0.2) is 12.3 Å². The van der Waals surface area contributed by atoms with E-state index in [0.717, 1.165) is 43.9 Å². The van der Waals surface area contributed by atoms with E-state index in [4.69, 9.17) is 9.47 Å². The van der Waals surface area contributed by atoms with Gasteiger partial charge >= 0.3 is 0 Å². The summed E-state index contributed by atoms with van der Waals surface area (Å²) in [6.45, 7) is 1.68. The number of anilines is 2. The summed E-state index contributed by atoms with van der Waals surface area (Å²) in [4.78, 5) is 6.36. The van der Waals surface area contributed by atoms with E-state index in [-0.39, 0.29) is 0 Å². The lowest BCUT2D eigenvalue weighted by molar-refractivity contribution is 0.144. The summed E-state index contributed by atoms with van der Waals surface area (Å²) in [6.07, 6.45) is 5.00. The van der Waals surface area contributed by atoms with Crippen LogP contribution in [-0.4, -0.2) is 45.4 Å². The molecule has 1 aliphatic rings. The maximum atomic E-state index is 5.50. The summed E-state index contributed by atoms with van der Waals surface area (Å²) in [5, 5.41) is 3.58. The predicted molar refractivity (Wildman–Crippen MR) is 77.2 cm³/mol. The highest BCUT2D eigenvalue weighted by molar-refractivity contribution is 5.74. The SMILES string of the molecule is COc1nccc(N(C)C)c1NC1CCCOCC1.